The Kier molecular flexibility index (Phi) is 4.70. The second-order valence-corrected chi connectivity index (χ2v) is 8.27. The molecule has 1 N–H and O–H groups in total. The van der Waals surface area contributed by atoms with E-state index in [-0.39, 0.29) is 11.7 Å². The average molecular weight is 409 g/mol. The van der Waals surface area contributed by atoms with Gasteiger partial charge in [-0.1, -0.05) is 42.0 Å². The highest BCUT2D eigenvalue weighted by Crippen LogP contribution is 2.32. The molecule has 1 unspecified atom stereocenters. The second kappa shape index (κ2) is 7.54. The minimum atomic E-state index is 0.0895. The van der Waals surface area contributed by atoms with E-state index in [2.05, 4.69) is 62.5 Å². The molecule has 6 nitrogen and oxygen atoms in total. The molecule has 0 radical (unpaired) electrons. The third-order valence-corrected chi connectivity index (χ3v) is 5.85. The first-order chi connectivity index (χ1) is 15.0. The predicted octanol–water partition coefficient (Wildman–Crippen LogP) is 5.00. The molecule has 1 atom stereocenters. The standard InChI is InChI=1S/C25H23N5O/c1-14-4-7-17(8-5-14)18-11-22-20(23(31)12-18)13-26-24(28-22)30-25-27-16(3)19-9-6-15(2)10-21(19)29-25/h4-10,13,18H,11-12H2,1-3H3,(H,26,27,28,29,30). The number of rotatable bonds is 3. The molecule has 2 aromatic heterocycles. The van der Waals surface area contributed by atoms with E-state index in [1.807, 2.05) is 26.0 Å². The van der Waals surface area contributed by atoms with Gasteiger partial charge in [0, 0.05) is 18.0 Å². The molecule has 0 saturated carbocycles. The SMILES string of the molecule is Cc1ccc(C2CC(=O)c3cnc(Nc4nc(C)c5ccc(C)cc5n4)nc3C2)cc1. The molecule has 0 amide bonds. The molecule has 2 heterocycles. The van der Waals surface area contributed by atoms with Crippen LogP contribution in [0.1, 0.15) is 50.8 Å². The summed E-state index contributed by atoms with van der Waals surface area (Å²) in [4.78, 5) is 30.9. The lowest BCUT2D eigenvalue weighted by molar-refractivity contribution is 0.0962. The summed E-state index contributed by atoms with van der Waals surface area (Å²) < 4.78 is 0. The summed E-state index contributed by atoms with van der Waals surface area (Å²) in [5.41, 5.74) is 6.67. The minimum Gasteiger partial charge on any atom is -0.294 e. The topological polar surface area (TPSA) is 80.7 Å². The molecule has 5 rings (SSSR count). The lowest BCUT2D eigenvalue weighted by Gasteiger charge is -2.23. The molecule has 0 bridgehead atoms. The van der Waals surface area contributed by atoms with E-state index in [9.17, 15) is 4.79 Å². The van der Waals surface area contributed by atoms with Gasteiger partial charge in [-0.2, -0.15) is 0 Å². The van der Waals surface area contributed by atoms with E-state index >= 15 is 0 Å². The molecule has 1 aliphatic carbocycles. The van der Waals surface area contributed by atoms with Gasteiger partial charge in [-0.05, 0) is 50.3 Å². The molecule has 31 heavy (non-hydrogen) atoms. The zero-order valence-corrected chi connectivity index (χ0v) is 17.8. The zero-order valence-electron chi connectivity index (χ0n) is 17.8. The van der Waals surface area contributed by atoms with Crippen molar-refractivity contribution < 1.29 is 4.79 Å². The minimum absolute atomic E-state index is 0.0895. The summed E-state index contributed by atoms with van der Waals surface area (Å²) in [6.45, 7) is 6.06. The van der Waals surface area contributed by atoms with Crippen LogP contribution in [-0.2, 0) is 6.42 Å². The lowest BCUT2D eigenvalue weighted by Crippen LogP contribution is -2.21. The number of aryl methyl sites for hydroxylation is 3. The van der Waals surface area contributed by atoms with Crippen LogP contribution in [0.2, 0.25) is 0 Å². The number of hydrogen-bond acceptors (Lipinski definition) is 6. The number of nitrogens with zero attached hydrogens (tertiary/aromatic N) is 4. The average Bonchev–Trinajstić information content (AvgIpc) is 2.73. The summed E-state index contributed by atoms with van der Waals surface area (Å²) in [5.74, 6) is 1.08. The molecule has 1 aliphatic rings. The fourth-order valence-corrected chi connectivity index (χ4v) is 4.13. The van der Waals surface area contributed by atoms with Crippen LogP contribution in [0.4, 0.5) is 11.9 Å². The number of carbonyl (C=O) groups is 1. The predicted molar refractivity (Wildman–Crippen MR) is 121 cm³/mol. The van der Waals surface area contributed by atoms with E-state index in [1.165, 1.54) is 11.1 Å². The van der Waals surface area contributed by atoms with Crippen LogP contribution in [0.15, 0.2) is 48.7 Å². The maximum atomic E-state index is 12.7. The van der Waals surface area contributed by atoms with Crippen LogP contribution < -0.4 is 5.32 Å². The molecule has 0 fully saturated rings. The Balaban J connectivity index is 1.45. The highest BCUT2D eigenvalue weighted by molar-refractivity contribution is 5.98. The van der Waals surface area contributed by atoms with Gasteiger partial charge in [-0.3, -0.25) is 10.1 Å². The quantitative estimate of drug-likeness (QED) is 0.513. The Morgan fingerprint density at radius 2 is 1.65 bits per heavy atom. The molecule has 4 aromatic rings. The summed E-state index contributed by atoms with van der Waals surface area (Å²) in [6.07, 6.45) is 2.81. The smallest absolute Gasteiger partial charge is 0.230 e. The van der Waals surface area contributed by atoms with E-state index in [0.717, 1.165) is 27.9 Å². The van der Waals surface area contributed by atoms with Gasteiger partial charge < -0.3 is 0 Å². The van der Waals surface area contributed by atoms with Gasteiger partial charge in [0.25, 0.3) is 0 Å². The zero-order chi connectivity index (χ0) is 21.5. The first-order valence-corrected chi connectivity index (χ1v) is 10.4. The summed E-state index contributed by atoms with van der Waals surface area (Å²) in [6, 6.07) is 14.5. The second-order valence-electron chi connectivity index (χ2n) is 8.27. The van der Waals surface area contributed by atoms with E-state index < -0.39 is 0 Å². The fraction of sp³-hybridized carbons (Fsp3) is 0.240. The molecule has 0 spiro atoms. The van der Waals surface area contributed by atoms with Crippen molar-refractivity contribution in [2.24, 2.45) is 0 Å². The number of anilines is 2. The molecular formula is C25H23N5O. The van der Waals surface area contributed by atoms with Crippen LogP contribution in [0.3, 0.4) is 0 Å². The summed E-state index contributed by atoms with van der Waals surface area (Å²) >= 11 is 0. The van der Waals surface area contributed by atoms with Crippen molar-refractivity contribution in [3.63, 3.8) is 0 Å². The van der Waals surface area contributed by atoms with Crippen molar-refractivity contribution in [3.8, 4) is 0 Å². The van der Waals surface area contributed by atoms with Crippen molar-refractivity contribution in [1.82, 2.24) is 19.9 Å². The van der Waals surface area contributed by atoms with E-state index in [1.54, 1.807) is 6.20 Å². The molecular weight excluding hydrogens is 386 g/mol. The first kappa shape index (κ1) is 19.3. The number of nitrogens with one attached hydrogen (secondary N) is 1. The van der Waals surface area contributed by atoms with Gasteiger partial charge in [0.05, 0.1) is 22.5 Å². The van der Waals surface area contributed by atoms with Crippen molar-refractivity contribution in [2.45, 2.75) is 39.5 Å². The Bertz CT molecular complexity index is 1310. The van der Waals surface area contributed by atoms with E-state index in [4.69, 9.17) is 0 Å². The fourth-order valence-electron chi connectivity index (χ4n) is 4.13. The van der Waals surface area contributed by atoms with Crippen molar-refractivity contribution in [3.05, 3.63) is 82.3 Å². The largest absolute Gasteiger partial charge is 0.294 e. The van der Waals surface area contributed by atoms with Gasteiger partial charge in [0.1, 0.15) is 0 Å². The third kappa shape index (κ3) is 3.77. The van der Waals surface area contributed by atoms with Gasteiger partial charge in [0.2, 0.25) is 11.9 Å². The number of Topliss-reactive ketones (excluding diaryl/α,β-unsaturated/α-hetero) is 1. The van der Waals surface area contributed by atoms with Gasteiger partial charge in [-0.15, -0.1) is 0 Å². The summed E-state index contributed by atoms with van der Waals surface area (Å²) in [7, 11) is 0. The van der Waals surface area contributed by atoms with Crippen molar-refractivity contribution >= 4 is 28.6 Å². The summed E-state index contributed by atoms with van der Waals surface area (Å²) in [5, 5.41) is 4.15. The molecule has 6 heteroatoms. The Labute approximate surface area is 180 Å². The molecule has 0 aliphatic heterocycles. The van der Waals surface area contributed by atoms with Crippen molar-refractivity contribution in [1.29, 1.82) is 0 Å². The number of ketones is 1. The van der Waals surface area contributed by atoms with E-state index in [0.29, 0.717) is 30.3 Å². The maximum Gasteiger partial charge on any atom is 0.230 e. The third-order valence-electron chi connectivity index (χ3n) is 5.85. The Hall–Kier alpha value is -3.67. The van der Waals surface area contributed by atoms with Crippen LogP contribution in [0, 0.1) is 20.8 Å². The van der Waals surface area contributed by atoms with Crippen LogP contribution >= 0.6 is 0 Å². The van der Waals surface area contributed by atoms with Crippen LogP contribution in [-0.4, -0.2) is 25.7 Å². The maximum absolute atomic E-state index is 12.7. The first-order valence-electron chi connectivity index (χ1n) is 10.4. The number of hydrogen-bond donors (Lipinski definition) is 1. The number of fused-ring (bicyclic) bond motifs is 2. The number of benzene rings is 2. The van der Waals surface area contributed by atoms with Crippen molar-refractivity contribution in [2.75, 3.05) is 5.32 Å². The van der Waals surface area contributed by atoms with Crippen LogP contribution in [0.25, 0.3) is 10.9 Å². The molecule has 2 aromatic carbocycles. The van der Waals surface area contributed by atoms with Gasteiger partial charge >= 0.3 is 0 Å². The normalized spacial score (nSPS) is 15.7. The highest BCUT2D eigenvalue weighted by Gasteiger charge is 2.28. The van der Waals surface area contributed by atoms with Gasteiger partial charge in [0.15, 0.2) is 5.78 Å². The Morgan fingerprint density at radius 3 is 2.45 bits per heavy atom. The number of carbonyl (C=O) groups excluding carboxylic acids is 1. The highest BCUT2D eigenvalue weighted by atomic mass is 16.1. The molecule has 0 saturated heterocycles. The monoisotopic (exact) mass is 409 g/mol. The number of aromatic nitrogens is 4. The molecule has 154 valence electrons. The van der Waals surface area contributed by atoms with Gasteiger partial charge in [-0.25, -0.2) is 19.9 Å². The Morgan fingerprint density at radius 1 is 0.871 bits per heavy atom. The lowest BCUT2D eigenvalue weighted by atomic mass is 9.82. The van der Waals surface area contributed by atoms with Crippen LogP contribution in [0.5, 0.6) is 0 Å².